The molecule has 0 saturated carbocycles. The van der Waals surface area contributed by atoms with E-state index in [1.807, 2.05) is 43.3 Å². The van der Waals surface area contributed by atoms with Crippen molar-refractivity contribution in [1.82, 2.24) is 5.48 Å². The Morgan fingerprint density at radius 3 is 2.69 bits per heavy atom. The van der Waals surface area contributed by atoms with E-state index in [-0.39, 0.29) is 5.91 Å². The van der Waals surface area contributed by atoms with Crippen LogP contribution in [-0.2, 0) is 4.79 Å². The van der Waals surface area contributed by atoms with Crippen LogP contribution in [0.5, 0.6) is 0 Å². The summed E-state index contributed by atoms with van der Waals surface area (Å²) in [7, 11) is 0. The van der Waals surface area contributed by atoms with Gasteiger partial charge in [0.25, 0.3) is 5.91 Å². The van der Waals surface area contributed by atoms with Gasteiger partial charge >= 0.3 is 0 Å². The van der Waals surface area contributed by atoms with Gasteiger partial charge in [-0.05, 0) is 30.9 Å². The highest BCUT2D eigenvalue weighted by Gasteiger charge is 2.35. The van der Waals surface area contributed by atoms with Crippen molar-refractivity contribution in [1.29, 1.82) is 0 Å². The number of allylic oxidation sites excluding steroid dienone is 1. The van der Waals surface area contributed by atoms with Crippen LogP contribution in [0.3, 0.4) is 0 Å². The minimum atomic E-state index is -0.583. The Hall–Kier alpha value is -1.61. The molecule has 0 bridgehead atoms. The number of hydrogen-bond donors (Lipinski definition) is 2. The molecule has 1 unspecified atom stereocenters. The lowest BCUT2D eigenvalue weighted by Crippen LogP contribution is -2.34. The maximum Gasteiger partial charge on any atom is 0.253 e. The first kappa shape index (κ1) is 10.9. The highest BCUT2D eigenvalue weighted by Crippen LogP contribution is 2.40. The predicted molar refractivity (Wildman–Crippen MR) is 61.7 cm³/mol. The molecule has 16 heavy (non-hydrogen) atoms. The summed E-state index contributed by atoms with van der Waals surface area (Å²) in [5.74, 6) is -0.335. The molecule has 2 N–H and O–H groups in total. The van der Waals surface area contributed by atoms with Crippen LogP contribution in [-0.4, -0.2) is 11.1 Å². The second-order valence-corrected chi connectivity index (χ2v) is 4.39. The molecule has 3 heteroatoms. The summed E-state index contributed by atoms with van der Waals surface area (Å²) in [6.45, 7) is 1.84. The van der Waals surface area contributed by atoms with Crippen molar-refractivity contribution < 1.29 is 10.0 Å². The maximum absolute atomic E-state index is 11.5. The molecule has 1 amide bonds. The molecule has 0 spiro atoms. The van der Waals surface area contributed by atoms with E-state index in [9.17, 15) is 4.79 Å². The summed E-state index contributed by atoms with van der Waals surface area (Å²) in [6.07, 6.45) is 3.56. The third-order valence-electron chi connectivity index (χ3n) is 3.17. The topological polar surface area (TPSA) is 49.3 Å². The Morgan fingerprint density at radius 2 is 2.06 bits per heavy atom. The second-order valence-electron chi connectivity index (χ2n) is 4.39. The fourth-order valence-corrected chi connectivity index (χ4v) is 2.11. The van der Waals surface area contributed by atoms with Gasteiger partial charge in [0.15, 0.2) is 0 Å². The van der Waals surface area contributed by atoms with Gasteiger partial charge in [-0.3, -0.25) is 10.0 Å². The Kier molecular flexibility index (Phi) is 2.79. The molecule has 1 aromatic carbocycles. The number of hydrogen-bond acceptors (Lipinski definition) is 2. The predicted octanol–water partition coefficient (Wildman–Crippen LogP) is 2.38. The van der Waals surface area contributed by atoms with Crippen LogP contribution in [0, 0.1) is 5.41 Å². The van der Waals surface area contributed by atoms with E-state index >= 15 is 0 Å². The molecule has 0 aromatic heterocycles. The van der Waals surface area contributed by atoms with Crippen molar-refractivity contribution in [3.8, 4) is 0 Å². The molecule has 0 saturated heterocycles. The van der Waals surface area contributed by atoms with Crippen LogP contribution in [0.25, 0.3) is 5.57 Å². The molecular formula is C13H15NO2. The minimum Gasteiger partial charge on any atom is -0.289 e. The van der Waals surface area contributed by atoms with E-state index in [1.165, 1.54) is 5.57 Å². The summed E-state index contributed by atoms with van der Waals surface area (Å²) >= 11 is 0. The van der Waals surface area contributed by atoms with E-state index in [0.717, 1.165) is 18.4 Å². The van der Waals surface area contributed by atoms with Crippen molar-refractivity contribution in [2.24, 2.45) is 5.41 Å². The number of rotatable bonds is 2. The molecule has 0 radical (unpaired) electrons. The first-order valence-corrected chi connectivity index (χ1v) is 5.37. The Bertz CT molecular complexity index is 425. The van der Waals surface area contributed by atoms with Crippen molar-refractivity contribution >= 4 is 11.5 Å². The molecule has 2 rings (SSSR count). The third-order valence-corrected chi connectivity index (χ3v) is 3.17. The zero-order chi connectivity index (χ0) is 11.6. The first-order valence-electron chi connectivity index (χ1n) is 5.37. The van der Waals surface area contributed by atoms with Crippen LogP contribution in [0.2, 0.25) is 0 Å². The number of benzene rings is 1. The first-order chi connectivity index (χ1) is 7.65. The average Bonchev–Trinajstić information content (AvgIpc) is 2.73. The monoisotopic (exact) mass is 217 g/mol. The van der Waals surface area contributed by atoms with Crippen LogP contribution >= 0.6 is 0 Å². The smallest absolute Gasteiger partial charge is 0.253 e. The zero-order valence-corrected chi connectivity index (χ0v) is 9.23. The van der Waals surface area contributed by atoms with Gasteiger partial charge in [0.05, 0.1) is 5.41 Å². The molecular weight excluding hydrogens is 202 g/mol. The zero-order valence-electron chi connectivity index (χ0n) is 9.23. The van der Waals surface area contributed by atoms with Gasteiger partial charge in [0.1, 0.15) is 0 Å². The molecule has 0 fully saturated rings. The second kappa shape index (κ2) is 4.10. The van der Waals surface area contributed by atoms with Gasteiger partial charge in [-0.15, -0.1) is 0 Å². The SMILES string of the molecule is CC1(C(=O)NO)C=C(c2ccccc2)CC1. The highest BCUT2D eigenvalue weighted by molar-refractivity contribution is 5.87. The Balaban J connectivity index is 2.28. The van der Waals surface area contributed by atoms with Crippen molar-refractivity contribution in [2.75, 3.05) is 0 Å². The molecule has 1 aliphatic rings. The quantitative estimate of drug-likeness (QED) is 0.590. The van der Waals surface area contributed by atoms with Crippen LogP contribution < -0.4 is 5.48 Å². The van der Waals surface area contributed by atoms with Crippen LogP contribution in [0.1, 0.15) is 25.3 Å². The standard InChI is InChI=1S/C13H15NO2/c1-13(12(15)14-16)8-7-11(9-13)10-5-3-2-4-6-10/h2-6,9,16H,7-8H2,1H3,(H,14,15). The van der Waals surface area contributed by atoms with E-state index in [2.05, 4.69) is 0 Å². The van der Waals surface area contributed by atoms with Gasteiger partial charge in [-0.1, -0.05) is 36.4 Å². The number of amides is 1. The largest absolute Gasteiger partial charge is 0.289 e. The normalized spacial score (nSPS) is 24.0. The van der Waals surface area contributed by atoms with E-state index < -0.39 is 5.41 Å². The van der Waals surface area contributed by atoms with Crippen molar-refractivity contribution in [3.05, 3.63) is 42.0 Å². The molecule has 84 valence electrons. The summed E-state index contributed by atoms with van der Waals surface area (Å²) in [4.78, 5) is 11.5. The van der Waals surface area contributed by atoms with Crippen LogP contribution in [0.15, 0.2) is 36.4 Å². The number of carbonyl (C=O) groups excluding carboxylic acids is 1. The lowest BCUT2D eigenvalue weighted by Gasteiger charge is -2.17. The lowest BCUT2D eigenvalue weighted by molar-refractivity contribution is -0.136. The number of nitrogens with one attached hydrogen (secondary N) is 1. The van der Waals surface area contributed by atoms with E-state index in [0.29, 0.717) is 0 Å². The molecule has 3 nitrogen and oxygen atoms in total. The van der Waals surface area contributed by atoms with Gasteiger partial charge in [-0.2, -0.15) is 0 Å². The fourth-order valence-electron chi connectivity index (χ4n) is 2.11. The molecule has 1 atom stereocenters. The van der Waals surface area contributed by atoms with Gasteiger partial charge in [-0.25, -0.2) is 5.48 Å². The fraction of sp³-hybridized carbons (Fsp3) is 0.308. The molecule has 0 aliphatic heterocycles. The van der Waals surface area contributed by atoms with Gasteiger partial charge < -0.3 is 0 Å². The van der Waals surface area contributed by atoms with Crippen LogP contribution in [0.4, 0.5) is 0 Å². The van der Waals surface area contributed by atoms with Crippen molar-refractivity contribution in [3.63, 3.8) is 0 Å². The Labute approximate surface area is 94.8 Å². The van der Waals surface area contributed by atoms with E-state index in [4.69, 9.17) is 5.21 Å². The van der Waals surface area contributed by atoms with Gasteiger partial charge in [0.2, 0.25) is 0 Å². The third kappa shape index (κ3) is 1.86. The summed E-state index contributed by atoms with van der Waals surface area (Å²) in [5.41, 5.74) is 3.48. The van der Waals surface area contributed by atoms with Gasteiger partial charge in [0, 0.05) is 0 Å². The number of carbonyl (C=O) groups is 1. The molecule has 1 aliphatic carbocycles. The lowest BCUT2D eigenvalue weighted by atomic mass is 9.89. The molecule has 0 heterocycles. The highest BCUT2D eigenvalue weighted by atomic mass is 16.5. The van der Waals surface area contributed by atoms with Crippen molar-refractivity contribution in [2.45, 2.75) is 19.8 Å². The maximum atomic E-state index is 11.5. The molecule has 1 aromatic rings. The van der Waals surface area contributed by atoms with E-state index in [1.54, 1.807) is 5.48 Å². The summed E-state index contributed by atoms with van der Waals surface area (Å²) < 4.78 is 0. The summed E-state index contributed by atoms with van der Waals surface area (Å²) in [6, 6.07) is 10.0. The Morgan fingerprint density at radius 1 is 1.38 bits per heavy atom. The average molecular weight is 217 g/mol. The number of hydroxylamine groups is 1. The minimum absolute atomic E-state index is 0.335. The summed E-state index contributed by atoms with van der Waals surface area (Å²) in [5, 5.41) is 8.69.